The molecule has 0 amide bonds. The second-order valence-electron chi connectivity index (χ2n) is 4.78. The van der Waals surface area contributed by atoms with Gasteiger partial charge in [-0.25, -0.2) is 0 Å². The van der Waals surface area contributed by atoms with Crippen LogP contribution in [0.4, 0.5) is 0 Å². The lowest BCUT2D eigenvalue weighted by Gasteiger charge is -2.09. The van der Waals surface area contributed by atoms with Crippen LogP contribution in [0, 0.1) is 0 Å². The largest absolute Gasteiger partial charge is 0.385 e. The molecule has 0 unspecified atom stereocenters. The summed E-state index contributed by atoms with van der Waals surface area (Å²) in [5.74, 6) is 0.209. The Balaban J connectivity index is 2.14. The van der Waals surface area contributed by atoms with Gasteiger partial charge in [-0.05, 0) is 24.0 Å². The molecule has 0 spiro atoms. The molecule has 2 aromatic rings. The van der Waals surface area contributed by atoms with Crippen molar-refractivity contribution in [2.45, 2.75) is 19.3 Å². The topological polar surface area (TPSA) is 26.3 Å². The summed E-state index contributed by atoms with van der Waals surface area (Å²) in [5.41, 5.74) is 2.93. The molecule has 20 heavy (non-hydrogen) atoms. The van der Waals surface area contributed by atoms with Crippen LogP contribution >= 0.6 is 0 Å². The predicted octanol–water partition coefficient (Wildman–Crippen LogP) is 4.35. The molecule has 0 fully saturated rings. The average Bonchev–Trinajstić information content (AvgIpc) is 2.52. The molecular weight excluding hydrogens is 248 g/mol. The third-order valence-corrected chi connectivity index (χ3v) is 3.31. The van der Waals surface area contributed by atoms with Gasteiger partial charge in [-0.1, -0.05) is 54.6 Å². The number of hydrogen-bond donors (Lipinski definition) is 0. The van der Waals surface area contributed by atoms with Crippen LogP contribution in [0.25, 0.3) is 11.1 Å². The number of unbranched alkanes of at least 4 members (excludes halogenated alkanes) is 1. The summed E-state index contributed by atoms with van der Waals surface area (Å²) in [6.45, 7) is 0.716. The van der Waals surface area contributed by atoms with Crippen molar-refractivity contribution in [2.75, 3.05) is 13.7 Å². The first kappa shape index (κ1) is 14.5. The van der Waals surface area contributed by atoms with E-state index >= 15 is 0 Å². The maximum atomic E-state index is 12.4. The Kier molecular flexibility index (Phi) is 5.51. The first-order valence-corrected chi connectivity index (χ1v) is 6.99. The van der Waals surface area contributed by atoms with Gasteiger partial charge in [-0.15, -0.1) is 0 Å². The quantitative estimate of drug-likeness (QED) is 0.551. The van der Waals surface area contributed by atoms with Gasteiger partial charge in [0.05, 0.1) is 0 Å². The van der Waals surface area contributed by atoms with E-state index in [-0.39, 0.29) is 5.78 Å². The monoisotopic (exact) mass is 268 g/mol. The molecule has 0 aliphatic rings. The Hall–Kier alpha value is -1.93. The number of carbonyl (C=O) groups excluding carboxylic acids is 1. The van der Waals surface area contributed by atoms with E-state index in [1.54, 1.807) is 7.11 Å². The molecule has 2 rings (SSSR count). The van der Waals surface area contributed by atoms with Crippen molar-refractivity contribution in [1.82, 2.24) is 0 Å². The van der Waals surface area contributed by atoms with Crippen molar-refractivity contribution in [3.8, 4) is 11.1 Å². The van der Waals surface area contributed by atoms with Gasteiger partial charge in [0.15, 0.2) is 5.78 Å². The summed E-state index contributed by atoms with van der Waals surface area (Å²) in [7, 11) is 1.69. The lowest BCUT2D eigenvalue weighted by atomic mass is 9.95. The minimum atomic E-state index is 0.209. The summed E-state index contributed by atoms with van der Waals surface area (Å²) >= 11 is 0. The lowest BCUT2D eigenvalue weighted by Crippen LogP contribution is -2.02. The van der Waals surface area contributed by atoms with Crippen LogP contribution in [0.3, 0.4) is 0 Å². The highest BCUT2D eigenvalue weighted by Gasteiger charge is 2.11. The summed E-state index contributed by atoms with van der Waals surface area (Å²) in [4.78, 5) is 12.4. The van der Waals surface area contributed by atoms with Crippen LogP contribution in [0.1, 0.15) is 29.6 Å². The van der Waals surface area contributed by atoms with Crippen molar-refractivity contribution in [3.63, 3.8) is 0 Å². The molecule has 0 atom stereocenters. The zero-order chi connectivity index (χ0) is 14.2. The molecule has 0 saturated heterocycles. The van der Waals surface area contributed by atoms with E-state index in [1.165, 1.54) is 0 Å². The minimum Gasteiger partial charge on any atom is -0.385 e. The van der Waals surface area contributed by atoms with Gasteiger partial charge in [0, 0.05) is 25.7 Å². The van der Waals surface area contributed by atoms with Crippen LogP contribution < -0.4 is 0 Å². The molecule has 104 valence electrons. The van der Waals surface area contributed by atoms with E-state index in [1.807, 2.05) is 54.6 Å². The van der Waals surface area contributed by atoms with Crippen LogP contribution in [0.2, 0.25) is 0 Å². The van der Waals surface area contributed by atoms with Gasteiger partial charge in [-0.3, -0.25) is 4.79 Å². The van der Waals surface area contributed by atoms with Crippen LogP contribution in [-0.4, -0.2) is 19.5 Å². The molecule has 0 saturated carbocycles. The second kappa shape index (κ2) is 7.61. The van der Waals surface area contributed by atoms with Crippen LogP contribution in [0.15, 0.2) is 54.6 Å². The fourth-order valence-electron chi connectivity index (χ4n) is 2.26. The smallest absolute Gasteiger partial charge is 0.163 e. The van der Waals surface area contributed by atoms with E-state index in [0.29, 0.717) is 13.0 Å². The SMILES string of the molecule is COCCCCC(=O)c1ccccc1-c1ccccc1. The van der Waals surface area contributed by atoms with Crippen molar-refractivity contribution in [1.29, 1.82) is 0 Å². The van der Waals surface area contributed by atoms with Crippen molar-refractivity contribution >= 4 is 5.78 Å². The molecule has 2 heteroatoms. The first-order chi connectivity index (χ1) is 9.83. The van der Waals surface area contributed by atoms with E-state index < -0.39 is 0 Å². The maximum Gasteiger partial charge on any atom is 0.163 e. The number of methoxy groups -OCH3 is 1. The number of hydrogen-bond acceptors (Lipinski definition) is 2. The molecule has 0 aromatic heterocycles. The Morgan fingerprint density at radius 3 is 2.40 bits per heavy atom. The van der Waals surface area contributed by atoms with Gasteiger partial charge < -0.3 is 4.74 Å². The molecule has 2 nitrogen and oxygen atoms in total. The molecule has 0 aliphatic carbocycles. The van der Waals surface area contributed by atoms with E-state index in [4.69, 9.17) is 4.74 Å². The predicted molar refractivity (Wildman–Crippen MR) is 81.9 cm³/mol. The fraction of sp³-hybridized carbons (Fsp3) is 0.278. The molecule has 0 bridgehead atoms. The van der Waals surface area contributed by atoms with Crippen LogP contribution in [0.5, 0.6) is 0 Å². The lowest BCUT2D eigenvalue weighted by molar-refractivity contribution is 0.0975. The maximum absolute atomic E-state index is 12.4. The summed E-state index contributed by atoms with van der Waals surface area (Å²) in [6, 6.07) is 17.9. The molecule has 0 heterocycles. The van der Waals surface area contributed by atoms with Gasteiger partial charge in [0.25, 0.3) is 0 Å². The number of ether oxygens (including phenoxy) is 1. The van der Waals surface area contributed by atoms with Gasteiger partial charge in [0.1, 0.15) is 0 Å². The molecule has 0 radical (unpaired) electrons. The first-order valence-electron chi connectivity index (χ1n) is 6.99. The van der Waals surface area contributed by atoms with Crippen molar-refractivity contribution in [3.05, 3.63) is 60.2 Å². The summed E-state index contributed by atoms with van der Waals surface area (Å²) in [6.07, 6.45) is 2.37. The minimum absolute atomic E-state index is 0.209. The summed E-state index contributed by atoms with van der Waals surface area (Å²) in [5, 5.41) is 0. The van der Waals surface area contributed by atoms with Gasteiger partial charge >= 0.3 is 0 Å². The normalized spacial score (nSPS) is 10.4. The average molecular weight is 268 g/mol. The Bertz CT molecular complexity index is 546. The van der Waals surface area contributed by atoms with E-state index in [0.717, 1.165) is 29.5 Å². The zero-order valence-electron chi connectivity index (χ0n) is 11.8. The van der Waals surface area contributed by atoms with Crippen LogP contribution in [-0.2, 0) is 4.74 Å². The third-order valence-electron chi connectivity index (χ3n) is 3.31. The van der Waals surface area contributed by atoms with Crippen molar-refractivity contribution < 1.29 is 9.53 Å². The van der Waals surface area contributed by atoms with Gasteiger partial charge in [-0.2, -0.15) is 0 Å². The molecule has 0 aliphatic heterocycles. The molecule has 2 aromatic carbocycles. The Labute approximate surface area is 120 Å². The fourth-order valence-corrected chi connectivity index (χ4v) is 2.26. The van der Waals surface area contributed by atoms with E-state index in [9.17, 15) is 4.79 Å². The second-order valence-corrected chi connectivity index (χ2v) is 4.78. The number of Topliss-reactive ketones (excluding diaryl/α,β-unsaturated/α-hetero) is 1. The van der Waals surface area contributed by atoms with Crippen molar-refractivity contribution in [2.24, 2.45) is 0 Å². The Morgan fingerprint density at radius 1 is 0.950 bits per heavy atom. The number of rotatable bonds is 7. The highest BCUT2D eigenvalue weighted by molar-refractivity contribution is 6.02. The number of carbonyl (C=O) groups is 1. The summed E-state index contributed by atoms with van der Waals surface area (Å²) < 4.78 is 5.01. The van der Waals surface area contributed by atoms with Gasteiger partial charge in [0.2, 0.25) is 0 Å². The molecular formula is C18H20O2. The van der Waals surface area contributed by atoms with E-state index in [2.05, 4.69) is 0 Å². The zero-order valence-corrected chi connectivity index (χ0v) is 11.8. The number of ketones is 1. The standard InChI is InChI=1S/C18H20O2/c1-20-14-8-7-13-18(19)17-12-6-5-11-16(17)15-9-3-2-4-10-15/h2-6,9-12H,7-8,13-14H2,1H3. The number of benzene rings is 2. The highest BCUT2D eigenvalue weighted by Crippen LogP contribution is 2.24. The highest BCUT2D eigenvalue weighted by atomic mass is 16.5. The third kappa shape index (κ3) is 3.78. The molecule has 0 N–H and O–H groups in total. The Morgan fingerprint density at radius 2 is 1.65 bits per heavy atom.